The van der Waals surface area contributed by atoms with Gasteiger partial charge in [-0.05, 0) is 31.3 Å². The number of aliphatic carboxylic acids is 1. The van der Waals surface area contributed by atoms with Crippen LogP contribution in [0.3, 0.4) is 0 Å². The number of aliphatic hydroxyl groups is 1. The van der Waals surface area contributed by atoms with Gasteiger partial charge in [-0.15, -0.1) is 0 Å². The number of aromatic amines is 1. The molecule has 1 heterocycles. The fourth-order valence-corrected chi connectivity index (χ4v) is 3.91. The van der Waals surface area contributed by atoms with Gasteiger partial charge in [-0.1, -0.05) is 0 Å². The fourth-order valence-electron chi connectivity index (χ4n) is 3.91. The van der Waals surface area contributed by atoms with E-state index in [2.05, 4.69) is 20.7 Å². The second kappa shape index (κ2) is 11.0. The molecule has 0 fully saturated rings. The molecule has 0 saturated heterocycles. The van der Waals surface area contributed by atoms with Crippen LogP contribution in [0.5, 0.6) is 11.5 Å². The van der Waals surface area contributed by atoms with Gasteiger partial charge in [0.1, 0.15) is 11.5 Å². The van der Waals surface area contributed by atoms with Crippen LogP contribution in [-0.4, -0.2) is 76.0 Å². The number of hydrogen-bond donors (Lipinski definition) is 7. The van der Waals surface area contributed by atoms with Crippen LogP contribution >= 0.6 is 0 Å². The van der Waals surface area contributed by atoms with E-state index in [9.17, 15) is 15.0 Å². The molecule has 0 spiro atoms. The Balaban J connectivity index is 0.000000751. The summed E-state index contributed by atoms with van der Waals surface area (Å²) in [5.41, 5.74) is 1.09. The first kappa shape index (κ1) is 25.0. The first-order valence-corrected chi connectivity index (χ1v) is 10.8. The zero-order chi connectivity index (χ0) is 24.8. The maximum absolute atomic E-state index is 12.7. The van der Waals surface area contributed by atoms with Crippen LogP contribution in [0.15, 0.2) is 34.1 Å². The number of aromatic nitrogens is 2. The number of carboxylic acid groups (broad SMARTS) is 1. The molecule has 4 rings (SSSR count). The number of phenols is 2. The normalized spacial score (nSPS) is 11.9. The van der Waals surface area contributed by atoms with Crippen molar-refractivity contribution in [2.45, 2.75) is 13.5 Å². The average Bonchev–Trinajstić information content (AvgIpc) is 3.15. The van der Waals surface area contributed by atoms with E-state index in [0.29, 0.717) is 54.4 Å². The van der Waals surface area contributed by atoms with E-state index >= 15 is 0 Å². The third kappa shape index (κ3) is 4.96. The van der Waals surface area contributed by atoms with Crippen LogP contribution in [0.2, 0.25) is 0 Å². The van der Waals surface area contributed by atoms with Gasteiger partial charge in [-0.3, -0.25) is 24.4 Å². The van der Waals surface area contributed by atoms with Crippen molar-refractivity contribution in [1.29, 1.82) is 0 Å². The van der Waals surface area contributed by atoms with Gasteiger partial charge in [0, 0.05) is 31.9 Å². The maximum Gasteiger partial charge on any atom is 0.300 e. The van der Waals surface area contributed by atoms with Crippen LogP contribution in [0, 0.1) is 0 Å². The van der Waals surface area contributed by atoms with Gasteiger partial charge in [0.2, 0.25) is 0 Å². The van der Waals surface area contributed by atoms with Crippen molar-refractivity contribution in [1.82, 2.24) is 20.4 Å². The third-order valence-electron chi connectivity index (χ3n) is 5.26. The number of H-pyrrole nitrogens is 1. The summed E-state index contributed by atoms with van der Waals surface area (Å²) in [5, 5.41) is 49.5. The van der Waals surface area contributed by atoms with Crippen LogP contribution in [-0.2, 0) is 11.3 Å². The zero-order valence-corrected chi connectivity index (χ0v) is 19.1. The number of benzene rings is 3. The van der Waals surface area contributed by atoms with E-state index < -0.39 is 5.97 Å². The summed E-state index contributed by atoms with van der Waals surface area (Å²) in [5.74, 6) is -1.14. The van der Waals surface area contributed by atoms with Crippen molar-refractivity contribution in [2.75, 3.05) is 39.8 Å². The summed E-state index contributed by atoms with van der Waals surface area (Å²) < 4.78 is 1.89. The summed E-state index contributed by atoms with van der Waals surface area (Å²) in [6.45, 7) is 4.00. The third-order valence-corrected chi connectivity index (χ3v) is 5.26. The highest BCUT2D eigenvalue weighted by molar-refractivity contribution is 6.23. The smallest absolute Gasteiger partial charge is 0.300 e. The van der Waals surface area contributed by atoms with E-state index in [1.165, 1.54) is 12.1 Å². The summed E-state index contributed by atoms with van der Waals surface area (Å²) in [7, 11) is 1.84. The lowest BCUT2D eigenvalue weighted by Crippen LogP contribution is -2.23. The molecular weight excluding hydrogens is 442 g/mol. The predicted molar refractivity (Wildman–Crippen MR) is 130 cm³/mol. The predicted octanol–water partition coefficient (Wildman–Crippen LogP) is 0.278. The van der Waals surface area contributed by atoms with Gasteiger partial charge in [0.05, 0.1) is 52.2 Å². The molecule has 0 aliphatic carbocycles. The lowest BCUT2D eigenvalue weighted by Gasteiger charge is -2.09. The Morgan fingerprint density at radius 2 is 1.79 bits per heavy atom. The quantitative estimate of drug-likeness (QED) is 0.142. The second-order valence-corrected chi connectivity index (χ2v) is 7.65. The van der Waals surface area contributed by atoms with Gasteiger partial charge in [-0.25, -0.2) is 0 Å². The van der Waals surface area contributed by atoms with Crippen LogP contribution in [0.4, 0.5) is 0 Å². The molecule has 0 aliphatic rings. The van der Waals surface area contributed by atoms with Gasteiger partial charge < -0.3 is 31.1 Å². The number of carboxylic acids is 1. The number of rotatable bonds is 8. The van der Waals surface area contributed by atoms with Gasteiger partial charge in [-0.2, -0.15) is 0 Å². The number of nitrogens with zero attached hydrogens (tertiary/aromatic N) is 2. The van der Waals surface area contributed by atoms with Crippen molar-refractivity contribution in [3.63, 3.8) is 0 Å². The zero-order valence-electron chi connectivity index (χ0n) is 19.1. The minimum Gasteiger partial charge on any atom is -0.507 e. The van der Waals surface area contributed by atoms with Crippen molar-refractivity contribution in [3.8, 4) is 11.5 Å². The van der Waals surface area contributed by atoms with E-state index in [-0.39, 0.29) is 34.3 Å². The molecule has 0 aliphatic heterocycles. The lowest BCUT2D eigenvalue weighted by molar-refractivity contribution is -0.134. The monoisotopic (exact) mass is 471 g/mol. The van der Waals surface area contributed by atoms with Crippen molar-refractivity contribution < 1.29 is 25.2 Å². The molecule has 3 aromatic carbocycles. The SMILES string of the molecule is CC(=O)O.CNCCN=c1ccc2c3c1c(O)c1c(O)ccc(=O)c1c3[nH]n2CCNCCO. The Hall–Kier alpha value is -3.67. The molecule has 0 radical (unpaired) electrons. The molecule has 0 bridgehead atoms. The molecular formula is C23H29N5O6. The number of carbonyl (C=O) groups is 1. The molecule has 11 nitrogen and oxygen atoms in total. The van der Waals surface area contributed by atoms with Crippen LogP contribution in [0.1, 0.15) is 6.92 Å². The van der Waals surface area contributed by atoms with Crippen LogP contribution in [0.25, 0.3) is 32.6 Å². The molecule has 11 heteroatoms. The highest BCUT2D eigenvalue weighted by Crippen LogP contribution is 2.41. The van der Waals surface area contributed by atoms with E-state index in [4.69, 9.17) is 15.0 Å². The molecule has 0 saturated carbocycles. The summed E-state index contributed by atoms with van der Waals surface area (Å²) in [6, 6.07) is 6.35. The molecule has 4 aromatic rings. The number of likely N-dealkylation sites (N-methyl/N-ethyl adjacent to an activating group) is 1. The molecule has 34 heavy (non-hydrogen) atoms. The first-order chi connectivity index (χ1) is 16.3. The number of phenolic OH excluding ortho intramolecular Hbond substituents is 2. The standard InChI is InChI=1S/C21H25N5O4.C2H4O2/c1-22-6-7-24-12-2-3-13-17-16(12)21(30)19-15(29)5-4-14(28)18(19)20(17)25-26(13)10-8-23-9-11-27;1-2(3)4/h2-5,22-23,25,27,29-30H,6-11H2,1H3;1H3,(H,3,4). The van der Waals surface area contributed by atoms with Crippen molar-refractivity contribution >= 4 is 38.5 Å². The minimum absolute atomic E-state index is 0.0536. The summed E-state index contributed by atoms with van der Waals surface area (Å²) in [6.07, 6.45) is 0. The van der Waals surface area contributed by atoms with E-state index in [0.717, 1.165) is 12.4 Å². The van der Waals surface area contributed by atoms with E-state index in [1.807, 2.05) is 23.9 Å². The van der Waals surface area contributed by atoms with Gasteiger partial charge in [0.15, 0.2) is 5.43 Å². The molecule has 1 aromatic heterocycles. The number of aliphatic hydroxyl groups excluding tert-OH is 1. The van der Waals surface area contributed by atoms with Gasteiger partial charge in [0.25, 0.3) is 5.97 Å². The number of hydrogen-bond acceptors (Lipinski definition) is 8. The Morgan fingerprint density at radius 3 is 2.47 bits per heavy atom. The second-order valence-electron chi connectivity index (χ2n) is 7.65. The molecule has 7 N–H and O–H groups in total. The fraction of sp³-hybridized carbons (Fsp3) is 0.348. The Labute approximate surface area is 194 Å². The number of fused-ring (bicyclic) bond motifs is 2. The highest BCUT2D eigenvalue weighted by Gasteiger charge is 2.21. The Kier molecular flexibility index (Phi) is 8.05. The number of aromatic hydroxyl groups is 2. The average molecular weight is 472 g/mol. The topological polar surface area (TPSA) is 172 Å². The Morgan fingerprint density at radius 1 is 1.06 bits per heavy atom. The summed E-state index contributed by atoms with van der Waals surface area (Å²) in [4.78, 5) is 26.3. The molecule has 182 valence electrons. The lowest BCUT2D eigenvalue weighted by atomic mass is 9.99. The van der Waals surface area contributed by atoms with Gasteiger partial charge >= 0.3 is 0 Å². The maximum atomic E-state index is 12.7. The largest absolute Gasteiger partial charge is 0.507 e. The summed E-state index contributed by atoms with van der Waals surface area (Å²) >= 11 is 0. The highest BCUT2D eigenvalue weighted by atomic mass is 16.4. The van der Waals surface area contributed by atoms with E-state index in [1.54, 1.807) is 0 Å². The molecule has 0 unspecified atom stereocenters. The number of nitrogens with one attached hydrogen (secondary N) is 3. The minimum atomic E-state index is -0.833. The first-order valence-electron chi connectivity index (χ1n) is 10.8. The van der Waals surface area contributed by atoms with Crippen LogP contribution < -0.4 is 21.4 Å². The Bertz CT molecular complexity index is 1420. The molecule has 0 atom stereocenters. The molecule has 0 amide bonds. The van der Waals surface area contributed by atoms with Crippen molar-refractivity contribution in [2.24, 2.45) is 4.99 Å². The van der Waals surface area contributed by atoms with Crippen molar-refractivity contribution in [3.05, 3.63) is 39.8 Å².